The fraction of sp³-hybridized carbons (Fsp3) is 0.346. The Kier molecular flexibility index (Phi) is 7.46. The third-order valence-electron chi connectivity index (χ3n) is 6.40. The number of esters is 1. The van der Waals surface area contributed by atoms with Crippen LogP contribution in [0.4, 0.5) is 0 Å². The number of ketones is 1. The molecule has 2 heterocycles. The number of aromatic nitrogens is 1. The summed E-state index contributed by atoms with van der Waals surface area (Å²) in [5, 5.41) is 1.28. The summed E-state index contributed by atoms with van der Waals surface area (Å²) in [7, 11) is 1.29. The van der Waals surface area contributed by atoms with Crippen LogP contribution in [0, 0.1) is 5.41 Å². The van der Waals surface area contributed by atoms with Gasteiger partial charge in [0.05, 0.1) is 20.3 Å². The van der Waals surface area contributed by atoms with E-state index in [1.54, 1.807) is 30.3 Å². The van der Waals surface area contributed by atoms with E-state index in [9.17, 15) is 14.4 Å². The average molecular weight is 483 g/mol. The molecule has 1 aliphatic heterocycles. The Morgan fingerprint density at radius 1 is 1.12 bits per heavy atom. The number of ether oxygens (including phenoxy) is 2. The minimum atomic E-state index is -1.52. The molecule has 2 aromatic carbocycles. The van der Waals surface area contributed by atoms with E-state index in [1.165, 1.54) is 13.2 Å². The maximum absolute atomic E-state index is 14.0. The summed E-state index contributed by atoms with van der Waals surface area (Å²) in [4.78, 5) is 44.8. The number of para-hydroxylation sites is 1. The molecule has 1 aliphatic rings. The molecule has 0 saturated carbocycles. The number of Topliss-reactive ketones (excluding diaryl/α,β-unsaturated/α-hetero) is 1. The van der Waals surface area contributed by atoms with Gasteiger partial charge in [-0.05, 0) is 55.3 Å². The Morgan fingerprint density at radius 2 is 1.82 bits per heavy atom. The van der Waals surface area contributed by atoms with Crippen molar-refractivity contribution in [2.75, 3.05) is 40.0 Å². The molecule has 7 nitrogen and oxygen atoms in total. The van der Waals surface area contributed by atoms with Gasteiger partial charge in [0.2, 0.25) is 5.56 Å². The minimum absolute atomic E-state index is 0.0376. The molecular weight excluding hydrogens is 456 g/mol. The summed E-state index contributed by atoms with van der Waals surface area (Å²) < 4.78 is 10.7. The van der Waals surface area contributed by atoms with E-state index in [4.69, 9.17) is 21.1 Å². The molecule has 1 N–H and O–H groups in total. The number of carbonyl (C=O) groups excluding carboxylic acids is 2. The van der Waals surface area contributed by atoms with Crippen LogP contribution in [0.3, 0.4) is 0 Å². The Bertz CT molecular complexity index is 1230. The molecule has 1 unspecified atom stereocenters. The largest absolute Gasteiger partial charge is 0.468 e. The highest BCUT2D eigenvalue weighted by molar-refractivity contribution is 6.30. The van der Waals surface area contributed by atoms with E-state index in [1.807, 2.05) is 18.2 Å². The number of benzene rings is 2. The zero-order valence-corrected chi connectivity index (χ0v) is 19.8. The van der Waals surface area contributed by atoms with Crippen molar-refractivity contribution in [1.82, 2.24) is 9.88 Å². The van der Waals surface area contributed by atoms with Crippen molar-refractivity contribution >= 4 is 34.3 Å². The number of fused-ring (bicyclic) bond motifs is 1. The van der Waals surface area contributed by atoms with Gasteiger partial charge in [-0.25, -0.2) is 0 Å². The number of halogens is 1. The monoisotopic (exact) mass is 482 g/mol. The molecule has 1 fully saturated rings. The van der Waals surface area contributed by atoms with Crippen molar-refractivity contribution in [3.63, 3.8) is 0 Å². The average Bonchev–Trinajstić information content (AvgIpc) is 2.86. The number of morpholine rings is 1. The van der Waals surface area contributed by atoms with Crippen LogP contribution in [-0.4, -0.2) is 61.6 Å². The molecule has 1 aromatic heterocycles. The van der Waals surface area contributed by atoms with Crippen LogP contribution >= 0.6 is 11.6 Å². The van der Waals surface area contributed by atoms with Crippen LogP contribution in [0.25, 0.3) is 10.9 Å². The Hall–Kier alpha value is -3.00. The van der Waals surface area contributed by atoms with E-state index in [0.717, 1.165) is 18.5 Å². The van der Waals surface area contributed by atoms with E-state index < -0.39 is 11.4 Å². The number of aromatic amines is 1. The molecule has 1 saturated heterocycles. The van der Waals surface area contributed by atoms with Crippen LogP contribution in [0.2, 0.25) is 5.02 Å². The first-order valence-corrected chi connectivity index (χ1v) is 11.6. The van der Waals surface area contributed by atoms with Gasteiger partial charge in [0.1, 0.15) is 5.41 Å². The number of nitrogens with zero attached hydrogens (tertiary/aromatic N) is 1. The smallest absolute Gasteiger partial charge is 0.320 e. The predicted molar refractivity (Wildman–Crippen MR) is 130 cm³/mol. The normalized spacial score (nSPS) is 16.2. The van der Waals surface area contributed by atoms with Crippen molar-refractivity contribution < 1.29 is 19.1 Å². The quantitative estimate of drug-likeness (QED) is 0.300. The summed E-state index contributed by atoms with van der Waals surface area (Å²) in [6.07, 6.45) is 0.276. The van der Waals surface area contributed by atoms with Gasteiger partial charge in [-0.3, -0.25) is 19.3 Å². The lowest BCUT2D eigenvalue weighted by Crippen LogP contribution is -2.46. The highest BCUT2D eigenvalue weighted by Gasteiger charge is 2.47. The van der Waals surface area contributed by atoms with Crippen molar-refractivity contribution in [1.29, 1.82) is 0 Å². The SMILES string of the molecule is COC(=O)C(CCN1CCOCC1)(Cc1cc(=O)[nH]c2ccccc12)C(=O)c1ccc(Cl)cc1. The summed E-state index contributed by atoms with van der Waals surface area (Å²) in [6, 6.07) is 15.3. The first kappa shape index (κ1) is 24.1. The molecular formula is C26H27ClN2O5. The molecule has 0 radical (unpaired) electrons. The fourth-order valence-corrected chi connectivity index (χ4v) is 4.67. The number of hydrogen-bond acceptors (Lipinski definition) is 6. The number of pyridine rings is 1. The van der Waals surface area contributed by atoms with E-state index in [-0.39, 0.29) is 24.2 Å². The lowest BCUT2D eigenvalue weighted by Gasteiger charge is -2.34. The van der Waals surface area contributed by atoms with Crippen LogP contribution in [0.15, 0.2) is 59.4 Å². The first-order valence-electron chi connectivity index (χ1n) is 11.2. The second kappa shape index (κ2) is 10.5. The van der Waals surface area contributed by atoms with Gasteiger partial charge in [-0.2, -0.15) is 0 Å². The second-order valence-corrected chi connectivity index (χ2v) is 8.93. The molecule has 1 atom stereocenters. The van der Waals surface area contributed by atoms with E-state index in [0.29, 0.717) is 41.4 Å². The molecule has 4 rings (SSSR count). The van der Waals surface area contributed by atoms with Gasteiger partial charge < -0.3 is 14.5 Å². The first-order chi connectivity index (χ1) is 16.4. The van der Waals surface area contributed by atoms with Crippen molar-refractivity contribution in [3.05, 3.63) is 81.1 Å². The van der Waals surface area contributed by atoms with Crippen LogP contribution < -0.4 is 5.56 Å². The van der Waals surface area contributed by atoms with Gasteiger partial charge in [0, 0.05) is 40.6 Å². The van der Waals surface area contributed by atoms with Gasteiger partial charge in [0.15, 0.2) is 5.78 Å². The van der Waals surface area contributed by atoms with Crippen LogP contribution in [0.1, 0.15) is 22.3 Å². The third-order valence-corrected chi connectivity index (χ3v) is 6.66. The van der Waals surface area contributed by atoms with Crippen LogP contribution in [0.5, 0.6) is 0 Å². The van der Waals surface area contributed by atoms with Crippen molar-refractivity contribution in [2.24, 2.45) is 5.41 Å². The van der Waals surface area contributed by atoms with Gasteiger partial charge in [-0.15, -0.1) is 0 Å². The van der Waals surface area contributed by atoms with Crippen LogP contribution in [-0.2, 0) is 20.7 Å². The summed E-state index contributed by atoms with van der Waals surface area (Å²) in [5.74, 6) is -0.973. The topological polar surface area (TPSA) is 88.7 Å². The summed E-state index contributed by atoms with van der Waals surface area (Å²) in [6.45, 7) is 3.17. The second-order valence-electron chi connectivity index (χ2n) is 8.49. The number of rotatable bonds is 8. The molecule has 8 heteroatoms. The molecule has 0 bridgehead atoms. The number of carbonyl (C=O) groups is 2. The molecule has 34 heavy (non-hydrogen) atoms. The molecule has 3 aromatic rings. The number of hydrogen-bond donors (Lipinski definition) is 1. The Labute approximate surface area is 202 Å². The number of nitrogens with one attached hydrogen (secondary N) is 1. The number of methoxy groups -OCH3 is 1. The maximum Gasteiger partial charge on any atom is 0.320 e. The lowest BCUT2D eigenvalue weighted by molar-refractivity contribution is -0.150. The minimum Gasteiger partial charge on any atom is -0.468 e. The molecule has 178 valence electrons. The van der Waals surface area contributed by atoms with E-state index >= 15 is 0 Å². The third kappa shape index (κ3) is 5.06. The van der Waals surface area contributed by atoms with Gasteiger partial charge in [0.25, 0.3) is 0 Å². The maximum atomic E-state index is 14.0. The standard InChI is InChI=1S/C26H27ClN2O5/c1-33-25(32)26(10-11-29-12-14-34-15-13-29,24(31)18-6-8-20(27)9-7-18)17-19-16-23(30)28-22-5-3-2-4-21(19)22/h2-9,16H,10-15,17H2,1H3,(H,28,30). The van der Waals surface area contributed by atoms with Crippen molar-refractivity contribution in [2.45, 2.75) is 12.8 Å². The molecule has 0 amide bonds. The van der Waals surface area contributed by atoms with Gasteiger partial charge >= 0.3 is 5.97 Å². The zero-order chi connectivity index (χ0) is 24.1. The summed E-state index contributed by atoms with van der Waals surface area (Å²) in [5.41, 5.74) is -0.173. The lowest BCUT2D eigenvalue weighted by atomic mass is 9.72. The Morgan fingerprint density at radius 3 is 2.53 bits per heavy atom. The fourth-order valence-electron chi connectivity index (χ4n) is 4.54. The van der Waals surface area contributed by atoms with E-state index in [2.05, 4.69) is 9.88 Å². The highest BCUT2D eigenvalue weighted by atomic mass is 35.5. The molecule has 0 aliphatic carbocycles. The Balaban J connectivity index is 1.81. The zero-order valence-electron chi connectivity index (χ0n) is 19.0. The van der Waals surface area contributed by atoms with Gasteiger partial charge in [-0.1, -0.05) is 29.8 Å². The predicted octanol–water partition coefficient (Wildman–Crippen LogP) is 3.49. The summed E-state index contributed by atoms with van der Waals surface area (Å²) >= 11 is 6.04. The molecule has 0 spiro atoms. The van der Waals surface area contributed by atoms with Crippen molar-refractivity contribution in [3.8, 4) is 0 Å². The number of H-pyrrole nitrogens is 1. The highest BCUT2D eigenvalue weighted by Crippen LogP contribution is 2.35.